The molecule has 0 unspecified atom stereocenters. The maximum absolute atomic E-state index is 12.0. The lowest BCUT2D eigenvalue weighted by atomic mass is 10.5. The van der Waals surface area contributed by atoms with E-state index in [2.05, 4.69) is 25.6 Å². The van der Waals surface area contributed by atoms with Crippen LogP contribution >= 0.6 is 38.9 Å². The van der Waals surface area contributed by atoms with E-state index in [9.17, 15) is 8.42 Å². The second kappa shape index (κ2) is 4.93. The fraction of sp³-hybridized carbons (Fsp3) is 0. The van der Waals surface area contributed by atoms with Crippen LogP contribution in [0.15, 0.2) is 38.5 Å². The molecule has 2 rings (SSSR count). The summed E-state index contributed by atoms with van der Waals surface area (Å²) in [5, 5.41) is 2.10. The molecule has 0 aliphatic carbocycles. The zero-order valence-electron chi connectivity index (χ0n) is 8.22. The van der Waals surface area contributed by atoms with Gasteiger partial charge in [0.2, 0.25) is 0 Å². The van der Waals surface area contributed by atoms with E-state index in [0.29, 0.717) is 9.50 Å². The third kappa shape index (κ3) is 2.98. The number of pyridine rings is 1. The highest BCUT2D eigenvalue weighted by atomic mass is 79.9. The van der Waals surface area contributed by atoms with Crippen molar-refractivity contribution >= 4 is 54.7 Å². The average molecular weight is 354 g/mol. The monoisotopic (exact) mass is 352 g/mol. The Balaban J connectivity index is 2.33. The summed E-state index contributed by atoms with van der Waals surface area (Å²) in [5.41, 5.74) is 0. The van der Waals surface area contributed by atoms with Crippen LogP contribution in [0.1, 0.15) is 0 Å². The number of halogens is 2. The molecule has 0 atom stereocenters. The minimum Gasteiger partial charge on any atom is -0.263 e. The Morgan fingerprint density at radius 1 is 1.41 bits per heavy atom. The largest absolute Gasteiger partial charge is 0.273 e. The number of aromatic nitrogens is 1. The van der Waals surface area contributed by atoms with Gasteiger partial charge in [-0.3, -0.25) is 4.72 Å². The lowest BCUT2D eigenvalue weighted by Crippen LogP contribution is -2.12. The molecule has 2 heterocycles. The van der Waals surface area contributed by atoms with Crippen molar-refractivity contribution in [3.8, 4) is 0 Å². The van der Waals surface area contributed by atoms with Gasteiger partial charge in [0, 0.05) is 21.8 Å². The van der Waals surface area contributed by atoms with Gasteiger partial charge in [-0.15, -0.1) is 11.3 Å². The van der Waals surface area contributed by atoms with Crippen LogP contribution in [0.5, 0.6) is 0 Å². The van der Waals surface area contributed by atoms with E-state index in [1.54, 1.807) is 17.5 Å². The van der Waals surface area contributed by atoms with Gasteiger partial charge in [-0.25, -0.2) is 13.4 Å². The van der Waals surface area contributed by atoms with Crippen LogP contribution in [0.3, 0.4) is 0 Å². The molecule has 0 bridgehead atoms. The standard InChI is InChI=1S/C9H6BrClN2O2S2/c10-7-2-4-16-9(7)17(14,15)13-8-5-6(11)1-3-12-8/h1-5H,(H,12,13). The van der Waals surface area contributed by atoms with E-state index in [1.807, 2.05) is 0 Å². The number of nitrogens with zero attached hydrogens (tertiary/aromatic N) is 1. The van der Waals surface area contributed by atoms with Gasteiger partial charge in [-0.05, 0) is 33.4 Å². The summed E-state index contributed by atoms with van der Waals surface area (Å²) in [4.78, 5) is 3.88. The second-order valence-electron chi connectivity index (χ2n) is 3.02. The molecule has 0 amide bonds. The summed E-state index contributed by atoms with van der Waals surface area (Å²) in [6, 6.07) is 4.69. The average Bonchev–Trinajstić information content (AvgIpc) is 2.64. The molecule has 0 radical (unpaired) electrons. The predicted octanol–water partition coefficient (Wildman–Crippen LogP) is 3.36. The van der Waals surface area contributed by atoms with Gasteiger partial charge in [-0.2, -0.15) is 0 Å². The number of anilines is 1. The Labute approximate surface area is 116 Å². The Morgan fingerprint density at radius 3 is 2.76 bits per heavy atom. The van der Waals surface area contributed by atoms with Crippen LogP contribution in [0, 0.1) is 0 Å². The smallest absolute Gasteiger partial charge is 0.263 e. The molecule has 1 N–H and O–H groups in total. The van der Waals surface area contributed by atoms with E-state index >= 15 is 0 Å². The Bertz CT molecular complexity index is 642. The van der Waals surface area contributed by atoms with Crippen molar-refractivity contribution in [2.24, 2.45) is 0 Å². The SMILES string of the molecule is O=S(=O)(Nc1cc(Cl)ccn1)c1sccc1Br. The first-order valence-corrected chi connectivity index (χ1v) is 7.90. The van der Waals surface area contributed by atoms with Crippen LogP contribution in [0.2, 0.25) is 5.02 Å². The zero-order chi connectivity index (χ0) is 12.5. The summed E-state index contributed by atoms with van der Waals surface area (Å²) < 4.78 is 27.1. The molecule has 90 valence electrons. The third-order valence-corrected chi connectivity index (χ3v) is 6.05. The number of hydrogen-bond acceptors (Lipinski definition) is 4. The molecule has 8 heteroatoms. The van der Waals surface area contributed by atoms with Crippen molar-refractivity contribution in [3.63, 3.8) is 0 Å². The number of thiophene rings is 1. The first-order chi connectivity index (χ1) is 7.99. The van der Waals surface area contributed by atoms with Crippen LogP contribution in [0.4, 0.5) is 5.82 Å². The number of rotatable bonds is 3. The van der Waals surface area contributed by atoms with Crippen LogP contribution in [-0.4, -0.2) is 13.4 Å². The maximum Gasteiger partial charge on any atom is 0.273 e. The van der Waals surface area contributed by atoms with E-state index in [-0.39, 0.29) is 10.0 Å². The highest BCUT2D eigenvalue weighted by Crippen LogP contribution is 2.29. The molecule has 0 fully saturated rings. The topological polar surface area (TPSA) is 59.1 Å². The molecule has 2 aromatic rings. The van der Waals surface area contributed by atoms with Gasteiger partial charge in [0.25, 0.3) is 10.0 Å². The molecule has 0 aliphatic rings. The van der Waals surface area contributed by atoms with Crippen molar-refractivity contribution in [2.45, 2.75) is 4.21 Å². The Morgan fingerprint density at radius 2 is 2.18 bits per heavy atom. The van der Waals surface area contributed by atoms with Gasteiger partial charge in [0.05, 0.1) is 0 Å². The van der Waals surface area contributed by atoms with E-state index < -0.39 is 10.0 Å². The van der Waals surface area contributed by atoms with Crippen LogP contribution in [0.25, 0.3) is 0 Å². The zero-order valence-corrected chi connectivity index (χ0v) is 12.2. The van der Waals surface area contributed by atoms with Crippen molar-refractivity contribution < 1.29 is 8.42 Å². The lowest BCUT2D eigenvalue weighted by Gasteiger charge is -2.05. The first kappa shape index (κ1) is 12.8. The van der Waals surface area contributed by atoms with Gasteiger partial charge < -0.3 is 0 Å². The van der Waals surface area contributed by atoms with E-state index in [1.165, 1.54) is 12.3 Å². The molecule has 17 heavy (non-hydrogen) atoms. The highest BCUT2D eigenvalue weighted by molar-refractivity contribution is 9.10. The van der Waals surface area contributed by atoms with Gasteiger partial charge >= 0.3 is 0 Å². The molecular weight excluding hydrogens is 348 g/mol. The van der Waals surface area contributed by atoms with Crippen molar-refractivity contribution in [2.75, 3.05) is 4.72 Å². The quantitative estimate of drug-likeness (QED) is 0.920. The third-order valence-electron chi connectivity index (χ3n) is 1.79. The van der Waals surface area contributed by atoms with Crippen molar-refractivity contribution in [3.05, 3.63) is 39.3 Å². The predicted molar refractivity (Wildman–Crippen MR) is 72.1 cm³/mol. The molecule has 0 aliphatic heterocycles. The van der Waals surface area contributed by atoms with Gasteiger partial charge in [0.15, 0.2) is 4.21 Å². The van der Waals surface area contributed by atoms with E-state index in [4.69, 9.17) is 11.6 Å². The number of nitrogens with one attached hydrogen (secondary N) is 1. The van der Waals surface area contributed by atoms with Crippen LogP contribution in [-0.2, 0) is 10.0 Å². The molecule has 0 spiro atoms. The van der Waals surface area contributed by atoms with Gasteiger partial charge in [-0.1, -0.05) is 11.6 Å². The lowest BCUT2D eigenvalue weighted by molar-refractivity contribution is 0.602. The normalized spacial score (nSPS) is 11.4. The summed E-state index contributed by atoms with van der Waals surface area (Å²) in [6.07, 6.45) is 1.43. The molecule has 0 saturated heterocycles. The summed E-state index contributed by atoms with van der Waals surface area (Å²) in [6.45, 7) is 0. The summed E-state index contributed by atoms with van der Waals surface area (Å²) in [5.74, 6) is 0.192. The van der Waals surface area contributed by atoms with Crippen molar-refractivity contribution in [1.29, 1.82) is 0 Å². The Hall–Kier alpha value is -0.630. The minimum atomic E-state index is -3.62. The van der Waals surface area contributed by atoms with Crippen LogP contribution < -0.4 is 4.72 Å². The Kier molecular flexibility index (Phi) is 3.72. The molecule has 0 aromatic carbocycles. The summed E-state index contributed by atoms with van der Waals surface area (Å²) >= 11 is 10.0. The van der Waals surface area contributed by atoms with Crippen molar-refractivity contribution in [1.82, 2.24) is 4.98 Å². The molecule has 0 saturated carbocycles. The summed E-state index contributed by atoms with van der Waals surface area (Å²) in [7, 11) is -3.62. The number of sulfonamides is 1. The fourth-order valence-corrected chi connectivity index (χ4v) is 4.61. The maximum atomic E-state index is 12.0. The molecule has 2 aromatic heterocycles. The molecular formula is C9H6BrClN2O2S2. The minimum absolute atomic E-state index is 0.192. The van der Waals surface area contributed by atoms with E-state index in [0.717, 1.165) is 11.3 Å². The second-order valence-corrected chi connectivity index (χ2v) is 7.11. The molecule has 4 nitrogen and oxygen atoms in total. The highest BCUT2D eigenvalue weighted by Gasteiger charge is 2.19. The number of hydrogen-bond donors (Lipinski definition) is 1. The first-order valence-electron chi connectivity index (χ1n) is 4.36. The van der Waals surface area contributed by atoms with Gasteiger partial charge in [0.1, 0.15) is 5.82 Å². The fourth-order valence-electron chi connectivity index (χ4n) is 1.12.